The second kappa shape index (κ2) is 6.72. The van der Waals surface area contributed by atoms with Crippen LogP contribution < -0.4 is 5.32 Å². The zero-order chi connectivity index (χ0) is 15.3. The van der Waals surface area contributed by atoms with Crippen LogP contribution >= 0.6 is 0 Å². The van der Waals surface area contributed by atoms with Gasteiger partial charge in [0.2, 0.25) is 5.91 Å². The van der Waals surface area contributed by atoms with Gasteiger partial charge in [0.1, 0.15) is 11.6 Å². The molecule has 0 unspecified atom stereocenters. The van der Waals surface area contributed by atoms with Crippen molar-refractivity contribution >= 4 is 17.8 Å². The molecule has 1 atom stereocenters. The standard InChI is InChI=1S/C14H23NO5/c1-14(2,3)20-12(17)7-6-10(13(18)19)15-11(16)8-9-4-5-9/h9-10H,4-8H2,1-3H3,(H,15,16)(H,18,19)/t10-/m1/s1. The second-order valence-corrected chi connectivity index (χ2v) is 6.23. The summed E-state index contributed by atoms with van der Waals surface area (Å²) in [5.41, 5.74) is -0.592. The van der Waals surface area contributed by atoms with Gasteiger partial charge in [-0.3, -0.25) is 9.59 Å². The van der Waals surface area contributed by atoms with E-state index < -0.39 is 23.6 Å². The van der Waals surface area contributed by atoms with E-state index in [-0.39, 0.29) is 18.7 Å². The van der Waals surface area contributed by atoms with Gasteiger partial charge in [0.05, 0.1) is 0 Å². The lowest BCUT2D eigenvalue weighted by Gasteiger charge is -2.20. The van der Waals surface area contributed by atoms with Gasteiger partial charge in [-0.05, 0) is 46.0 Å². The van der Waals surface area contributed by atoms with Crippen LogP contribution in [0.15, 0.2) is 0 Å². The minimum absolute atomic E-state index is 0.0298. The molecule has 0 radical (unpaired) electrons. The first kappa shape index (κ1) is 16.5. The Morgan fingerprint density at radius 2 is 1.90 bits per heavy atom. The Morgan fingerprint density at radius 1 is 1.30 bits per heavy atom. The Hall–Kier alpha value is -1.59. The first-order valence-electron chi connectivity index (χ1n) is 6.91. The molecule has 1 aliphatic rings. The molecule has 2 N–H and O–H groups in total. The molecule has 20 heavy (non-hydrogen) atoms. The number of hydrogen-bond donors (Lipinski definition) is 2. The monoisotopic (exact) mass is 285 g/mol. The second-order valence-electron chi connectivity index (χ2n) is 6.23. The SMILES string of the molecule is CC(C)(C)OC(=O)CC[C@@H](NC(=O)CC1CC1)C(=O)O. The third-order valence-corrected chi connectivity index (χ3v) is 2.86. The van der Waals surface area contributed by atoms with Crippen LogP contribution in [0.25, 0.3) is 0 Å². The minimum atomic E-state index is -1.13. The lowest BCUT2D eigenvalue weighted by Crippen LogP contribution is -2.41. The third-order valence-electron chi connectivity index (χ3n) is 2.86. The maximum atomic E-state index is 11.6. The van der Waals surface area contributed by atoms with E-state index in [9.17, 15) is 14.4 Å². The summed E-state index contributed by atoms with van der Waals surface area (Å²) >= 11 is 0. The molecule has 6 nitrogen and oxygen atoms in total. The van der Waals surface area contributed by atoms with Crippen LogP contribution in [-0.2, 0) is 19.1 Å². The molecule has 0 heterocycles. The Balaban J connectivity index is 2.36. The largest absolute Gasteiger partial charge is 0.480 e. The fourth-order valence-electron chi connectivity index (χ4n) is 1.75. The maximum absolute atomic E-state index is 11.6. The van der Waals surface area contributed by atoms with Gasteiger partial charge in [0.15, 0.2) is 0 Å². The Bertz CT molecular complexity index is 382. The molecule has 1 saturated carbocycles. The fourth-order valence-corrected chi connectivity index (χ4v) is 1.75. The highest BCUT2D eigenvalue weighted by Gasteiger charge is 2.28. The number of carboxylic acid groups (broad SMARTS) is 1. The van der Waals surface area contributed by atoms with E-state index in [1.165, 1.54) is 0 Å². The van der Waals surface area contributed by atoms with Crippen molar-refractivity contribution in [3.8, 4) is 0 Å². The Kier molecular flexibility index (Phi) is 5.53. The first-order valence-corrected chi connectivity index (χ1v) is 6.91. The number of hydrogen-bond acceptors (Lipinski definition) is 4. The van der Waals surface area contributed by atoms with Crippen molar-refractivity contribution in [3.63, 3.8) is 0 Å². The molecule has 1 fully saturated rings. The van der Waals surface area contributed by atoms with Crippen molar-refractivity contribution in [2.75, 3.05) is 0 Å². The predicted octanol–water partition coefficient (Wildman–Crippen LogP) is 1.48. The van der Waals surface area contributed by atoms with Gasteiger partial charge in [-0.15, -0.1) is 0 Å². The molecule has 1 aliphatic carbocycles. The lowest BCUT2D eigenvalue weighted by atomic mass is 10.1. The molecule has 1 rings (SSSR count). The summed E-state index contributed by atoms with van der Waals surface area (Å²) in [5.74, 6) is -1.45. The van der Waals surface area contributed by atoms with E-state index in [1.54, 1.807) is 20.8 Å². The van der Waals surface area contributed by atoms with Crippen molar-refractivity contribution in [2.45, 2.75) is 64.5 Å². The van der Waals surface area contributed by atoms with Gasteiger partial charge >= 0.3 is 11.9 Å². The van der Waals surface area contributed by atoms with E-state index in [0.717, 1.165) is 12.8 Å². The quantitative estimate of drug-likeness (QED) is 0.691. The number of aliphatic carboxylic acids is 1. The molecule has 0 spiro atoms. The zero-order valence-electron chi connectivity index (χ0n) is 12.3. The van der Waals surface area contributed by atoms with Gasteiger partial charge in [0.25, 0.3) is 0 Å². The molecule has 114 valence electrons. The molecule has 0 aromatic carbocycles. The Labute approximate surface area is 118 Å². The number of carbonyl (C=O) groups excluding carboxylic acids is 2. The highest BCUT2D eigenvalue weighted by molar-refractivity contribution is 5.84. The predicted molar refractivity (Wildman–Crippen MR) is 72.0 cm³/mol. The van der Waals surface area contributed by atoms with Gasteiger partial charge in [0, 0.05) is 12.8 Å². The van der Waals surface area contributed by atoms with Gasteiger partial charge in [-0.1, -0.05) is 0 Å². The number of rotatable bonds is 7. The van der Waals surface area contributed by atoms with Crippen molar-refractivity contribution in [3.05, 3.63) is 0 Å². The molecule has 0 aromatic rings. The van der Waals surface area contributed by atoms with E-state index in [2.05, 4.69) is 5.32 Å². The summed E-state index contributed by atoms with van der Waals surface area (Å²) in [7, 11) is 0. The number of nitrogens with one attached hydrogen (secondary N) is 1. The van der Waals surface area contributed by atoms with E-state index in [1.807, 2.05) is 0 Å². The summed E-state index contributed by atoms with van der Waals surface area (Å²) in [4.78, 5) is 34.2. The van der Waals surface area contributed by atoms with Crippen molar-refractivity contribution < 1.29 is 24.2 Å². The van der Waals surface area contributed by atoms with E-state index >= 15 is 0 Å². The highest BCUT2D eigenvalue weighted by atomic mass is 16.6. The number of carboxylic acids is 1. The third kappa shape index (κ3) is 7.11. The van der Waals surface area contributed by atoms with Crippen LogP contribution in [0.2, 0.25) is 0 Å². The van der Waals surface area contributed by atoms with Crippen molar-refractivity contribution in [2.24, 2.45) is 5.92 Å². The van der Waals surface area contributed by atoms with Crippen LogP contribution in [0.1, 0.15) is 52.9 Å². The Morgan fingerprint density at radius 3 is 2.35 bits per heavy atom. The first-order chi connectivity index (χ1) is 9.17. The fraction of sp³-hybridized carbons (Fsp3) is 0.786. The highest BCUT2D eigenvalue weighted by Crippen LogP contribution is 2.32. The van der Waals surface area contributed by atoms with Crippen LogP contribution in [0.4, 0.5) is 0 Å². The average Bonchev–Trinajstić information content (AvgIpc) is 3.05. The van der Waals surface area contributed by atoms with Crippen molar-refractivity contribution in [1.29, 1.82) is 0 Å². The minimum Gasteiger partial charge on any atom is -0.480 e. The maximum Gasteiger partial charge on any atom is 0.326 e. The number of ether oxygens (including phenoxy) is 1. The van der Waals surface area contributed by atoms with Gasteiger partial charge in [-0.25, -0.2) is 4.79 Å². The number of carbonyl (C=O) groups is 3. The average molecular weight is 285 g/mol. The van der Waals surface area contributed by atoms with Crippen LogP contribution in [-0.4, -0.2) is 34.6 Å². The summed E-state index contributed by atoms with van der Waals surface area (Å²) in [6.45, 7) is 5.24. The summed E-state index contributed by atoms with van der Waals surface area (Å²) in [5, 5.41) is 11.5. The molecular weight excluding hydrogens is 262 g/mol. The number of amides is 1. The molecule has 6 heteroatoms. The molecule has 0 saturated heterocycles. The van der Waals surface area contributed by atoms with Gasteiger partial charge in [-0.2, -0.15) is 0 Å². The van der Waals surface area contributed by atoms with Crippen LogP contribution in [0.5, 0.6) is 0 Å². The summed E-state index contributed by atoms with van der Waals surface area (Å²) in [6.07, 6.45) is 2.45. The molecule has 0 aromatic heterocycles. The zero-order valence-corrected chi connectivity index (χ0v) is 12.3. The summed E-state index contributed by atoms with van der Waals surface area (Å²) in [6, 6.07) is -1.03. The smallest absolute Gasteiger partial charge is 0.326 e. The summed E-state index contributed by atoms with van der Waals surface area (Å²) < 4.78 is 5.10. The molecule has 1 amide bonds. The van der Waals surface area contributed by atoms with E-state index in [4.69, 9.17) is 9.84 Å². The van der Waals surface area contributed by atoms with Crippen LogP contribution in [0.3, 0.4) is 0 Å². The van der Waals surface area contributed by atoms with Gasteiger partial charge < -0.3 is 15.2 Å². The topological polar surface area (TPSA) is 92.7 Å². The lowest BCUT2D eigenvalue weighted by molar-refractivity contribution is -0.155. The van der Waals surface area contributed by atoms with Crippen molar-refractivity contribution in [1.82, 2.24) is 5.32 Å². The van der Waals surface area contributed by atoms with E-state index in [0.29, 0.717) is 12.3 Å². The molecule has 0 aliphatic heterocycles. The normalized spacial score (nSPS) is 16.4. The molecular formula is C14H23NO5. The molecule has 0 bridgehead atoms. The number of esters is 1. The van der Waals surface area contributed by atoms with Crippen LogP contribution in [0, 0.1) is 5.92 Å².